The molecule has 3 amide bonds. The number of nitrogens with one attached hydrogen (secondary N) is 1. The summed E-state index contributed by atoms with van der Waals surface area (Å²) in [5.74, 6) is -0.545. The van der Waals surface area contributed by atoms with Crippen LogP contribution >= 0.6 is 11.8 Å². The second-order valence-corrected chi connectivity index (χ2v) is 8.24. The first kappa shape index (κ1) is 20.9. The minimum Gasteiger partial charge on any atom is -0.324 e. The van der Waals surface area contributed by atoms with Gasteiger partial charge in [-0.25, -0.2) is 0 Å². The topological polar surface area (TPSA) is 66.5 Å². The highest BCUT2D eigenvalue weighted by Crippen LogP contribution is 2.27. The van der Waals surface area contributed by atoms with Gasteiger partial charge >= 0.3 is 0 Å². The molecule has 31 heavy (non-hydrogen) atoms. The monoisotopic (exact) mass is 430 g/mol. The first-order valence-electron chi connectivity index (χ1n) is 10.0. The van der Waals surface area contributed by atoms with Crippen molar-refractivity contribution >= 4 is 35.2 Å². The van der Waals surface area contributed by atoms with E-state index in [0.29, 0.717) is 29.0 Å². The van der Waals surface area contributed by atoms with Crippen LogP contribution in [-0.4, -0.2) is 40.7 Å². The van der Waals surface area contributed by atoms with E-state index >= 15 is 0 Å². The van der Waals surface area contributed by atoms with Gasteiger partial charge in [-0.2, -0.15) is 11.8 Å². The van der Waals surface area contributed by atoms with Crippen molar-refractivity contribution in [3.8, 4) is 11.1 Å². The van der Waals surface area contributed by atoms with Gasteiger partial charge in [-0.1, -0.05) is 54.6 Å². The molecule has 3 aromatic carbocycles. The standard InChI is InChI=1S/C25H22N2O3S/c1-31-16-15-22(27-24(29)20-9-5-6-10-21(20)25(27)30)23(28)26-19-13-11-18(12-14-19)17-7-3-2-4-8-17/h2-14,22H,15-16H2,1H3,(H,26,28). The van der Waals surface area contributed by atoms with Crippen LogP contribution < -0.4 is 5.32 Å². The zero-order chi connectivity index (χ0) is 21.8. The Hall–Kier alpha value is -3.38. The van der Waals surface area contributed by atoms with Crippen LogP contribution in [0.5, 0.6) is 0 Å². The Morgan fingerprint density at radius 3 is 1.97 bits per heavy atom. The van der Waals surface area contributed by atoms with Crippen LogP contribution in [0.4, 0.5) is 5.69 Å². The van der Waals surface area contributed by atoms with Crippen molar-refractivity contribution < 1.29 is 14.4 Å². The molecule has 0 bridgehead atoms. The number of hydrogen-bond donors (Lipinski definition) is 1. The van der Waals surface area contributed by atoms with Crippen LogP contribution in [0, 0.1) is 0 Å². The van der Waals surface area contributed by atoms with E-state index in [4.69, 9.17) is 0 Å². The molecule has 1 heterocycles. The van der Waals surface area contributed by atoms with Crippen molar-refractivity contribution in [2.75, 3.05) is 17.3 Å². The number of thioether (sulfide) groups is 1. The Bertz CT molecular complexity index is 1080. The summed E-state index contributed by atoms with van der Waals surface area (Å²) < 4.78 is 0. The fourth-order valence-electron chi connectivity index (χ4n) is 3.70. The van der Waals surface area contributed by atoms with E-state index in [1.165, 1.54) is 0 Å². The third-order valence-corrected chi connectivity index (χ3v) is 5.94. The highest BCUT2D eigenvalue weighted by molar-refractivity contribution is 7.98. The number of carbonyl (C=O) groups excluding carboxylic acids is 3. The SMILES string of the molecule is CSCCC(C(=O)Nc1ccc(-c2ccccc2)cc1)N1C(=O)c2ccccc2C1=O. The van der Waals surface area contributed by atoms with Crippen LogP contribution in [0.15, 0.2) is 78.9 Å². The van der Waals surface area contributed by atoms with Gasteiger partial charge in [-0.05, 0) is 53.8 Å². The molecule has 0 aliphatic carbocycles. The molecule has 0 spiro atoms. The van der Waals surface area contributed by atoms with Gasteiger partial charge in [-0.15, -0.1) is 0 Å². The van der Waals surface area contributed by atoms with E-state index in [-0.39, 0.29) is 5.91 Å². The van der Waals surface area contributed by atoms with Gasteiger partial charge in [0.05, 0.1) is 11.1 Å². The number of fused-ring (bicyclic) bond motifs is 1. The Morgan fingerprint density at radius 2 is 1.39 bits per heavy atom. The molecule has 1 N–H and O–H groups in total. The Labute approximate surface area is 185 Å². The average Bonchev–Trinajstić information content (AvgIpc) is 3.06. The molecule has 6 heteroatoms. The molecule has 0 saturated carbocycles. The second kappa shape index (κ2) is 9.18. The molecule has 3 aromatic rings. The summed E-state index contributed by atoms with van der Waals surface area (Å²) in [7, 11) is 0. The molecule has 5 nitrogen and oxygen atoms in total. The quantitative estimate of drug-likeness (QED) is 0.551. The van der Waals surface area contributed by atoms with Crippen LogP contribution in [0.2, 0.25) is 0 Å². The minimum atomic E-state index is -0.867. The lowest BCUT2D eigenvalue weighted by Gasteiger charge is -2.25. The molecule has 1 aliphatic rings. The van der Waals surface area contributed by atoms with Gasteiger partial charge < -0.3 is 5.32 Å². The highest BCUT2D eigenvalue weighted by atomic mass is 32.2. The van der Waals surface area contributed by atoms with Crippen molar-refractivity contribution in [1.82, 2.24) is 4.90 Å². The minimum absolute atomic E-state index is 0.349. The molecule has 0 saturated heterocycles. The predicted molar refractivity (Wildman–Crippen MR) is 124 cm³/mol. The maximum Gasteiger partial charge on any atom is 0.262 e. The summed E-state index contributed by atoms with van der Waals surface area (Å²) in [5.41, 5.74) is 3.45. The van der Waals surface area contributed by atoms with E-state index < -0.39 is 17.9 Å². The maximum atomic E-state index is 13.1. The second-order valence-electron chi connectivity index (χ2n) is 7.26. The fraction of sp³-hybridized carbons (Fsp3) is 0.160. The summed E-state index contributed by atoms with van der Waals surface area (Å²) in [6.45, 7) is 0. The number of carbonyl (C=O) groups is 3. The lowest BCUT2D eigenvalue weighted by Crippen LogP contribution is -2.47. The number of hydrogen-bond acceptors (Lipinski definition) is 4. The number of rotatable bonds is 7. The smallest absolute Gasteiger partial charge is 0.262 e. The van der Waals surface area contributed by atoms with Gasteiger partial charge in [0, 0.05) is 5.69 Å². The zero-order valence-corrected chi connectivity index (χ0v) is 17.9. The number of imide groups is 1. The molecule has 1 unspecified atom stereocenters. The molecular weight excluding hydrogens is 408 g/mol. The van der Waals surface area contributed by atoms with Crippen LogP contribution in [0.1, 0.15) is 27.1 Å². The van der Waals surface area contributed by atoms with Crippen molar-refractivity contribution in [1.29, 1.82) is 0 Å². The first-order chi connectivity index (χ1) is 15.1. The number of amides is 3. The summed E-state index contributed by atoms with van der Waals surface area (Å²) >= 11 is 1.57. The lowest BCUT2D eigenvalue weighted by molar-refractivity contribution is -0.120. The summed E-state index contributed by atoms with van der Waals surface area (Å²) in [6, 6.07) is 23.3. The molecular formula is C25H22N2O3S. The van der Waals surface area contributed by atoms with E-state index in [1.54, 1.807) is 36.0 Å². The van der Waals surface area contributed by atoms with Gasteiger partial charge in [0.25, 0.3) is 11.8 Å². The molecule has 0 radical (unpaired) electrons. The Morgan fingerprint density at radius 1 is 0.839 bits per heavy atom. The third kappa shape index (κ3) is 4.25. The van der Waals surface area contributed by atoms with Crippen LogP contribution in [-0.2, 0) is 4.79 Å². The third-order valence-electron chi connectivity index (χ3n) is 5.29. The van der Waals surface area contributed by atoms with Crippen LogP contribution in [0.25, 0.3) is 11.1 Å². The van der Waals surface area contributed by atoms with E-state index in [0.717, 1.165) is 16.0 Å². The molecule has 1 aliphatic heterocycles. The predicted octanol–water partition coefficient (Wildman–Crippen LogP) is 4.71. The summed E-state index contributed by atoms with van der Waals surface area (Å²) in [6.07, 6.45) is 2.32. The zero-order valence-electron chi connectivity index (χ0n) is 17.1. The van der Waals surface area contributed by atoms with Gasteiger partial charge in [-0.3, -0.25) is 19.3 Å². The first-order valence-corrected chi connectivity index (χ1v) is 11.4. The largest absolute Gasteiger partial charge is 0.324 e. The summed E-state index contributed by atoms with van der Waals surface area (Å²) in [4.78, 5) is 40.0. The van der Waals surface area contributed by atoms with Crippen molar-refractivity contribution in [2.45, 2.75) is 12.5 Å². The molecule has 0 aromatic heterocycles. The lowest BCUT2D eigenvalue weighted by atomic mass is 10.1. The maximum absolute atomic E-state index is 13.1. The van der Waals surface area contributed by atoms with Gasteiger partial charge in [0.15, 0.2) is 0 Å². The van der Waals surface area contributed by atoms with E-state index in [2.05, 4.69) is 5.32 Å². The number of benzene rings is 3. The molecule has 1 atom stereocenters. The van der Waals surface area contributed by atoms with Gasteiger partial charge in [0.1, 0.15) is 6.04 Å². The normalized spacial score (nSPS) is 13.8. The van der Waals surface area contributed by atoms with E-state index in [1.807, 2.05) is 60.9 Å². The Balaban J connectivity index is 1.54. The van der Waals surface area contributed by atoms with Gasteiger partial charge in [0.2, 0.25) is 5.91 Å². The van der Waals surface area contributed by atoms with Crippen molar-refractivity contribution in [2.24, 2.45) is 0 Å². The Kier molecular flexibility index (Phi) is 6.18. The highest BCUT2D eigenvalue weighted by Gasteiger charge is 2.42. The van der Waals surface area contributed by atoms with Crippen LogP contribution in [0.3, 0.4) is 0 Å². The van der Waals surface area contributed by atoms with E-state index in [9.17, 15) is 14.4 Å². The number of nitrogens with zero attached hydrogens (tertiary/aromatic N) is 1. The molecule has 156 valence electrons. The number of anilines is 1. The van der Waals surface area contributed by atoms with Crippen molar-refractivity contribution in [3.63, 3.8) is 0 Å². The van der Waals surface area contributed by atoms with Crippen molar-refractivity contribution in [3.05, 3.63) is 90.0 Å². The summed E-state index contributed by atoms with van der Waals surface area (Å²) in [5, 5.41) is 2.88. The molecule has 0 fully saturated rings. The molecule has 4 rings (SSSR count). The average molecular weight is 431 g/mol. The fourth-order valence-corrected chi connectivity index (χ4v) is 4.16.